The highest BCUT2D eigenvalue weighted by Crippen LogP contribution is 2.26. The van der Waals surface area contributed by atoms with E-state index in [1.54, 1.807) is 0 Å². The van der Waals surface area contributed by atoms with Gasteiger partial charge in [-0.3, -0.25) is 0 Å². The molecule has 1 rings (SSSR count). The van der Waals surface area contributed by atoms with Crippen molar-refractivity contribution in [2.45, 2.75) is 12.8 Å². The maximum Gasteiger partial charge on any atom is 0.697 e. The molecule has 74 valence electrons. The Labute approximate surface area is 95.6 Å². The molecule has 0 aromatic heterocycles. The highest BCUT2D eigenvalue weighted by molar-refractivity contribution is 7.33. The van der Waals surface area contributed by atoms with Gasteiger partial charge >= 0.3 is 8.25 Å². The van der Waals surface area contributed by atoms with E-state index >= 15 is 0 Å². The van der Waals surface area contributed by atoms with Crippen LogP contribution in [0.4, 0.5) is 0 Å². The zero-order valence-electron chi connectivity index (χ0n) is 7.78. The van der Waals surface area contributed by atoms with Gasteiger partial charge in [0.25, 0.3) is 0 Å². The minimum atomic E-state index is -1.77. The molecular weight excluding hydrogens is 203 g/mol. The summed E-state index contributed by atoms with van der Waals surface area (Å²) in [5.74, 6) is 0. The van der Waals surface area contributed by atoms with Gasteiger partial charge in [0.2, 0.25) is 0 Å². The summed E-state index contributed by atoms with van der Waals surface area (Å²) in [6.45, 7) is 2.35. The molecule has 0 unspecified atom stereocenters. The molecule has 0 spiro atoms. The molecular formula is C6H16MgN2O3P+. The largest absolute Gasteiger partial charge is 0.697 e. The second-order valence-electron chi connectivity index (χ2n) is 2.17. The van der Waals surface area contributed by atoms with Gasteiger partial charge < -0.3 is 11.5 Å². The van der Waals surface area contributed by atoms with E-state index in [2.05, 4.69) is 9.05 Å². The third-order valence-corrected chi connectivity index (χ3v) is 1.89. The van der Waals surface area contributed by atoms with E-state index in [0.29, 0.717) is 26.3 Å². The molecule has 7 heteroatoms. The Morgan fingerprint density at radius 2 is 1.46 bits per heavy atom. The Hall–Kier alpha value is 0.706. The van der Waals surface area contributed by atoms with Crippen LogP contribution in [0.3, 0.4) is 0 Å². The SMILES string of the molecule is NCCN.O=[P+]1OCCCCO1.[Mg]. The van der Waals surface area contributed by atoms with Crippen molar-refractivity contribution in [3.05, 3.63) is 0 Å². The summed E-state index contributed by atoms with van der Waals surface area (Å²) in [6, 6.07) is 0. The Bertz CT molecular complexity index is 116. The van der Waals surface area contributed by atoms with Gasteiger partial charge in [-0.05, 0) is 12.8 Å². The minimum absolute atomic E-state index is 0. The van der Waals surface area contributed by atoms with Gasteiger partial charge in [0.15, 0.2) is 0 Å². The van der Waals surface area contributed by atoms with Gasteiger partial charge in [0.05, 0.1) is 0 Å². The fourth-order valence-corrected chi connectivity index (χ4v) is 1.15. The van der Waals surface area contributed by atoms with E-state index < -0.39 is 8.25 Å². The van der Waals surface area contributed by atoms with Crippen LogP contribution in [0.15, 0.2) is 0 Å². The van der Waals surface area contributed by atoms with Crippen LogP contribution < -0.4 is 11.5 Å². The van der Waals surface area contributed by atoms with Crippen LogP contribution in [0.5, 0.6) is 0 Å². The quantitative estimate of drug-likeness (QED) is 0.478. The van der Waals surface area contributed by atoms with Crippen molar-refractivity contribution in [3.63, 3.8) is 0 Å². The molecule has 1 aliphatic rings. The van der Waals surface area contributed by atoms with Crippen molar-refractivity contribution in [3.8, 4) is 0 Å². The third kappa shape index (κ3) is 12.7. The van der Waals surface area contributed by atoms with E-state index in [9.17, 15) is 4.57 Å². The summed E-state index contributed by atoms with van der Waals surface area (Å²) >= 11 is 0. The van der Waals surface area contributed by atoms with Crippen molar-refractivity contribution >= 4 is 31.3 Å². The average molecular weight is 219 g/mol. The summed E-state index contributed by atoms with van der Waals surface area (Å²) in [7, 11) is -1.77. The van der Waals surface area contributed by atoms with E-state index in [1.807, 2.05) is 0 Å². The molecule has 0 aromatic carbocycles. The highest BCUT2D eigenvalue weighted by Gasteiger charge is 2.21. The van der Waals surface area contributed by atoms with Gasteiger partial charge in [-0.25, -0.2) is 0 Å². The Morgan fingerprint density at radius 1 is 1.08 bits per heavy atom. The fourth-order valence-electron chi connectivity index (χ4n) is 0.520. The normalized spacial score (nSPS) is 16.3. The summed E-state index contributed by atoms with van der Waals surface area (Å²) in [5, 5.41) is 0. The molecule has 0 aliphatic carbocycles. The zero-order chi connectivity index (χ0) is 9.23. The smallest absolute Gasteiger partial charge is 0.329 e. The lowest BCUT2D eigenvalue weighted by Crippen LogP contribution is -2.11. The van der Waals surface area contributed by atoms with Crippen LogP contribution in [0.2, 0.25) is 0 Å². The molecule has 0 bridgehead atoms. The van der Waals surface area contributed by atoms with Gasteiger partial charge in [0.1, 0.15) is 13.2 Å². The van der Waals surface area contributed by atoms with Crippen molar-refractivity contribution < 1.29 is 13.6 Å². The molecule has 1 fully saturated rings. The monoisotopic (exact) mass is 219 g/mol. The van der Waals surface area contributed by atoms with Crippen LogP contribution in [-0.2, 0) is 13.6 Å². The Kier molecular flexibility index (Phi) is 15.8. The van der Waals surface area contributed by atoms with Gasteiger partial charge in [-0.15, -0.1) is 9.05 Å². The average Bonchev–Trinajstić information content (AvgIpc) is 2.33. The Balaban J connectivity index is 0. The van der Waals surface area contributed by atoms with Crippen molar-refractivity contribution in [1.82, 2.24) is 0 Å². The van der Waals surface area contributed by atoms with Crippen molar-refractivity contribution in [1.29, 1.82) is 0 Å². The number of nitrogens with two attached hydrogens (primary N) is 2. The van der Waals surface area contributed by atoms with Gasteiger partial charge in [-0.1, -0.05) is 0 Å². The molecule has 4 N–H and O–H groups in total. The van der Waals surface area contributed by atoms with E-state index in [4.69, 9.17) is 11.5 Å². The topological polar surface area (TPSA) is 87.6 Å². The predicted molar refractivity (Wildman–Crippen MR) is 52.6 cm³/mol. The van der Waals surface area contributed by atoms with Crippen molar-refractivity contribution in [2.75, 3.05) is 26.3 Å². The summed E-state index contributed by atoms with van der Waals surface area (Å²) in [6.07, 6.45) is 1.92. The van der Waals surface area contributed by atoms with E-state index in [1.165, 1.54) is 0 Å². The summed E-state index contributed by atoms with van der Waals surface area (Å²) in [5.41, 5.74) is 9.81. The first-order chi connectivity index (χ1) is 5.81. The zero-order valence-corrected chi connectivity index (χ0v) is 10.1. The fraction of sp³-hybridized carbons (Fsp3) is 1.00. The second-order valence-corrected chi connectivity index (χ2v) is 3.14. The predicted octanol–water partition coefficient (Wildman–Crippen LogP) is -0.00620. The Morgan fingerprint density at radius 3 is 1.77 bits per heavy atom. The first-order valence-corrected chi connectivity index (χ1v) is 5.04. The molecule has 0 aromatic rings. The lowest BCUT2D eigenvalue weighted by Gasteiger charge is -1.79. The highest BCUT2D eigenvalue weighted by atomic mass is 31.1. The molecule has 0 amide bonds. The van der Waals surface area contributed by atoms with Crippen LogP contribution in [0, 0.1) is 0 Å². The van der Waals surface area contributed by atoms with Gasteiger partial charge in [0, 0.05) is 40.7 Å². The lowest BCUT2D eigenvalue weighted by atomic mass is 10.3. The minimum Gasteiger partial charge on any atom is -0.329 e. The number of hydrogen-bond acceptors (Lipinski definition) is 5. The number of rotatable bonds is 1. The van der Waals surface area contributed by atoms with E-state index in [-0.39, 0.29) is 23.1 Å². The molecule has 1 heterocycles. The molecule has 1 saturated heterocycles. The second kappa shape index (κ2) is 12.7. The summed E-state index contributed by atoms with van der Waals surface area (Å²) < 4.78 is 19.8. The third-order valence-electron chi connectivity index (χ3n) is 1.10. The van der Waals surface area contributed by atoms with Crippen LogP contribution >= 0.6 is 8.25 Å². The van der Waals surface area contributed by atoms with Crippen LogP contribution in [0.25, 0.3) is 0 Å². The van der Waals surface area contributed by atoms with E-state index in [0.717, 1.165) is 12.8 Å². The first kappa shape index (κ1) is 16.1. The molecule has 0 atom stereocenters. The lowest BCUT2D eigenvalue weighted by molar-refractivity contribution is 0.263. The van der Waals surface area contributed by atoms with Gasteiger partial charge in [-0.2, -0.15) is 0 Å². The molecule has 1 aliphatic heterocycles. The molecule has 5 nitrogen and oxygen atoms in total. The van der Waals surface area contributed by atoms with Crippen molar-refractivity contribution in [2.24, 2.45) is 11.5 Å². The van der Waals surface area contributed by atoms with Crippen LogP contribution in [0.1, 0.15) is 12.8 Å². The number of hydrogen-bond donors (Lipinski definition) is 2. The maximum absolute atomic E-state index is 10.4. The van der Waals surface area contributed by atoms with Crippen LogP contribution in [-0.4, -0.2) is 49.4 Å². The molecule has 2 radical (unpaired) electrons. The molecule has 13 heavy (non-hydrogen) atoms. The first-order valence-electron chi connectivity index (χ1n) is 3.94. The molecule has 0 saturated carbocycles. The summed E-state index contributed by atoms with van der Waals surface area (Å²) in [4.78, 5) is 0. The standard InChI is InChI=1S/C4H8O3P.C2H8N2.Mg/c5-8-6-3-1-2-4-7-8;3-1-2-4;/h1-4H2;1-4H2;/q+1;;. The maximum atomic E-state index is 10.4.